The summed E-state index contributed by atoms with van der Waals surface area (Å²) in [6.45, 7) is 0.513. The van der Waals surface area contributed by atoms with Gasteiger partial charge in [0.2, 0.25) is 0 Å². The zero-order chi connectivity index (χ0) is 9.42. The molecule has 13 heavy (non-hydrogen) atoms. The summed E-state index contributed by atoms with van der Waals surface area (Å²) in [6.07, 6.45) is 0.534. The van der Waals surface area contributed by atoms with Gasteiger partial charge in [0.15, 0.2) is 5.78 Å². The van der Waals surface area contributed by atoms with Crippen LogP contribution in [-0.4, -0.2) is 12.3 Å². The lowest BCUT2D eigenvalue weighted by atomic mass is 10.0. The van der Waals surface area contributed by atoms with Crippen LogP contribution in [0.3, 0.4) is 0 Å². The van der Waals surface area contributed by atoms with Crippen molar-refractivity contribution in [2.24, 2.45) is 5.73 Å². The number of fused-ring (bicyclic) bond motifs is 1. The number of Topliss-reactive ketones (excluding diaryl/α,β-unsaturated/α-hetero) is 1. The van der Waals surface area contributed by atoms with Crippen LogP contribution < -0.4 is 5.73 Å². The summed E-state index contributed by atoms with van der Waals surface area (Å²) < 4.78 is 0. The highest BCUT2D eigenvalue weighted by atomic mass is 35.5. The average Bonchev–Trinajstić information content (AvgIpc) is 2.42. The molecule has 0 aromatic heterocycles. The molecule has 2 rings (SSSR count). The van der Waals surface area contributed by atoms with Crippen molar-refractivity contribution in [3.63, 3.8) is 0 Å². The van der Waals surface area contributed by atoms with E-state index in [2.05, 4.69) is 0 Å². The molecule has 0 bridgehead atoms. The van der Waals surface area contributed by atoms with E-state index in [1.165, 1.54) is 0 Å². The van der Waals surface area contributed by atoms with Crippen LogP contribution >= 0.6 is 11.6 Å². The maximum atomic E-state index is 11.4. The SMILES string of the molecule is NCC1CC(=O)c2ccc(Cl)cc21. The molecule has 0 saturated carbocycles. The maximum absolute atomic E-state index is 11.4. The Hall–Kier alpha value is -0.860. The van der Waals surface area contributed by atoms with Crippen LogP contribution in [0.5, 0.6) is 0 Å². The Morgan fingerprint density at radius 2 is 2.31 bits per heavy atom. The summed E-state index contributed by atoms with van der Waals surface area (Å²) in [6, 6.07) is 5.38. The molecular weight excluding hydrogens is 186 g/mol. The van der Waals surface area contributed by atoms with Crippen molar-refractivity contribution >= 4 is 17.4 Å². The first-order valence-corrected chi connectivity index (χ1v) is 4.63. The molecule has 68 valence electrons. The molecule has 2 N–H and O–H groups in total. The van der Waals surface area contributed by atoms with Gasteiger partial charge < -0.3 is 5.73 Å². The second kappa shape index (κ2) is 3.13. The summed E-state index contributed by atoms with van der Waals surface area (Å²) in [5.41, 5.74) is 7.37. The van der Waals surface area contributed by atoms with E-state index in [4.69, 9.17) is 17.3 Å². The van der Waals surface area contributed by atoms with E-state index in [9.17, 15) is 4.79 Å². The van der Waals surface area contributed by atoms with Gasteiger partial charge >= 0.3 is 0 Å². The van der Waals surface area contributed by atoms with Crippen LogP contribution in [0.4, 0.5) is 0 Å². The van der Waals surface area contributed by atoms with Crippen molar-refractivity contribution in [3.8, 4) is 0 Å². The Labute approximate surface area is 81.7 Å². The Morgan fingerprint density at radius 3 is 3.00 bits per heavy atom. The minimum Gasteiger partial charge on any atom is -0.330 e. The predicted molar refractivity (Wildman–Crippen MR) is 52.2 cm³/mol. The molecule has 1 aromatic carbocycles. The maximum Gasteiger partial charge on any atom is 0.163 e. The lowest BCUT2D eigenvalue weighted by Crippen LogP contribution is -2.09. The number of benzene rings is 1. The quantitative estimate of drug-likeness (QED) is 0.745. The standard InChI is InChI=1S/C10H10ClNO/c11-7-1-2-8-9(4-7)6(5-12)3-10(8)13/h1-2,4,6H,3,5,12H2. The zero-order valence-electron chi connectivity index (χ0n) is 7.09. The number of nitrogens with two attached hydrogens (primary N) is 1. The number of carbonyl (C=O) groups excluding carboxylic acids is 1. The highest BCUT2D eigenvalue weighted by molar-refractivity contribution is 6.30. The largest absolute Gasteiger partial charge is 0.330 e. The van der Waals surface area contributed by atoms with Crippen LogP contribution in [0.15, 0.2) is 18.2 Å². The Balaban J connectivity index is 2.52. The molecule has 0 radical (unpaired) electrons. The Bertz CT molecular complexity index is 362. The third-order valence-electron chi connectivity index (χ3n) is 2.47. The summed E-state index contributed by atoms with van der Waals surface area (Å²) in [5.74, 6) is 0.350. The average molecular weight is 196 g/mol. The molecule has 2 nitrogen and oxygen atoms in total. The van der Waals surface area contributed by atoms with Crippen LogP contribution in [0.2, 0.25) is 5.02 Å². The number of hydrogen-bond acceptors (Lipinski definition) is 2. The minimum atomic E-state index is 0.168. The molecule has 0 spiro atoms. The molecule has 0 aliphatic heterocycles. The van der Waals surface area contributed by atoms with E-state index in [0.717, 1.165) is 11.1 Å². The van der Waals surface area contributed by atoms with Gasteiger partial charge in [-0.1, -0.05) is 11.6 Å². The second-order valence-corrected chi connectivity index (χ2v) is 3.73. The molecule has 1 aliphatic carbocycles. The zero-order valence-corrected chi connectivity index (χ0v) is 7.84. The summed E-state index contributed by atoms with van der Waals surface area (Å²) in [5, 5.41) is 0.673. The molecule has 1 aliphatic rings. The van der Waals surface area contributed by atoms with E-state index in [0.29, 0.717) is 18.0 Å². The van der Waals surface area contributed by atoms with Crippen LogP contribution in [-0.2, 0) is 0 Å². The van der Waals surface area contributed by atoms with Gasteiger partial charge in [-0.3, -0.25) is 4.79 Å². The van der Waals surface area contributed by atoms with E-state index >= 15 is 0 Å². The molecule has 3 heteroatoms. The molecule has 0 fully saturated rings. The molecule has 0 heterocycles. The lowest BCUT2D eigenvalue weighted by molar-refractivity contribution is 0.0989. The summed E-state index contributed by atoms with van der Waals surface area (Å²) >= 11 is 5.84. The van der Waals surface area contributed by atoms with Crippen molar-refractivity contribution < 1.29 is 4.79 Å². The summed E-state index contributed by atoms with van der Waals surface area (Å²) in [4.78, 5) is 11.4. The fraction of sp³-hybridized carbons (Fsp3) is 0.300. The van der Waals surface area contributed by atoms with Gasteiger partial charge in [0, 0.05) is 22.9 Å². The van der Waals surface area contributed by atoms with Gasteiger partial charge in [-0.25, -0.2) is 0 Å². The van der Waals surface area contributed by atoms with Gasteiger partial charge in [0.1, 0.15) is 0 Å². The topological polar surface area (TPSA) is 43.1 Å². The smallest absolute Gasteiger partial charge is 0.163 e. The number of halogens is 1. The Morgan fingerprint density at radius 1 is 1.54 bits per heavy atom. The Kier molecular flexibility index (Phi) is 2.10. The van der Waals surface area contributed by atoms with Crippen molar-refractivity contribution in [3.05, 3.63) is 34.3 Å². The predicted octanol–water partition coefficient (Wildman–Crippen LogP) is 1.97. The number of carbonyl (C=O) groups is 1. The van der Waals surface area contributed by atoms with Gasteiger partial charge in [-0.05, 0) is 30.3 Å². The lowest BCUT2D eigenvalue weighted by Gasteiger charge is -2.06. The molecule has 1 atom stereocenters. The molecule has 0 saturated heterocycles. The van der Waals surface area contributed by atoms with Crippen LogP contribution in [0, 0.1) is 0 Å². The van der Waals surface area contributed by atoms with E-state index in [1.807, 2.05) is 6.07 Å². The minimum absolute atomic E-state index is 0.168. The van der Waals surface area contributed by atoms with Crippen molar-refractivity contribution in [2.75, 3.05) is 6.54 Å². The van der Waals surface area contributed by atoms with Crippen molar-refractivity contribution in [1.82, 2.24) is 0 Å². The van der Waals surface area contributed by atoms with Crippen molar-refractivity contribution in [1.29, 1.82) is 0 Å². The van der Waals surface area contributed by atoms with E-state index in [1.54, 1.807) is 12.1 Å². The highest BCUT2D eigenvalue weighted by Crippen LogP contribution is 2.33. The third kappa shape index (κ3) is 1.36. The molecule has 1 unspecified atom stereocenters. The second-order valence-electron chi connectivity index (χ2n) is 3.29. The normalized spacial score (nSPS) is 20.5. The first kappa shape index (κ1) is 8.73. The number of ketones is 1. The number of rotatable bonds is 1. The monoisotopic (exact) mass is 195 g/mol. The van der Waals surface area contributed by atoms with E-state index < -0.39 is 0 Å². The fourth-order valence-corrected chi connectivity index (χ4v) is 1.96. The molecular formula is C10H10ClNO. The molecule has 0 amide bonds. The fourth-order valence-electron chi connectivity index (χ4n) is 1.78. The van der Waals surface area contributed by atoms with Gasteiger partial charge in [-0.2, -0.15) is 0 Å². The van der Waals surface area contributed by atoms with Crippen LogP contribution in [0.1, 0.15) is 28.3 Å². The van der Waals surface area contributed by atoms with Crippen molar-refractivity contribution in [2.45, 2.75) is 12.3 Å². The first-order chi connectivity index (χ1) is 6.22. The van der Waals surface area contributed by atoms with Crippen LogP contribution in [0.25, 0.3) is 0 Å². The van der Waals surface area contributed by atoms with Gasteiger partial charge in [-0.15, -0.1) is 0 Å². The molecule has 1 aromatic rings. The third-order valence-corrected chi connectivity index (χ3v) is 2.71. The highest BCUT2D eigenvalue weighted by Gasteiger charge is 2.27. The van der Waals surface area contributed by atoms with Gasteiger partial charge in [0.05, 0.1) is 0 Å². The van der Waals surface area contributed by atoms with E-state index in [-0.39, 0.29) is 11.7 Å². The van der Waals surface area contributed by atoms with Gasteiger partial charge in [0.25, 0.3) is 0 Å². The summed E-state index contributed by atoms with van der Waals surface area (Å²) in [7, 11) is 0. The first-order valence-electron chi connectivity index (χ1n) is 4.25. The number of hydrogen-bond donors (Lipinski definition) is 1.